The maximum atomic E-state index is 12.4. The summed E-state index contributed by atoms with van der Waals surface area (Å²) < 4.78 is 28.1. The Morgan fingerprint density at radius 2 is 1.84 bits per heavy atom. The fraction of sp³-hybridized carbons (Fsp3) is 0.125. The summed E-state index contributed by atoms with van der Waals surface area (Å²) in [5, 5.41) is 5.40. The SMILES string of the molecule is CNC(=O)Nc1ccc2nc(NS(=O)(=O)c3ccc(C)cc3)sc2c1. The summed E-state index contributed by atoms with van der Waals surface area (Å²) in [5.74, 6) is 0. The van der Waals surface area contributed by atoms with Crippen molar-refractivity contribution in [2.24, 2.45) is 0 Å². The number of hydrogen-bond acceptors (Lipinski definition) is 5. The fourth-order valence-corrected chi connectivity index (χ4v) is 4.27. The first-order valence-electron chi connectivity index (χ1n) is 7.36. The molecule has 2 aromatic carbocycles. The molecule has 0 radical (unpaired) electrons. The molecule has 1 aromatic heterocycles. The van der Waals surface area contributed by atoms with Gasteiger partial charge in [-0.3, -0.25) is 4.72 Å². The summed E-state index contributed by atoms with van der Waals surface area (Å²) in [6.07, 6.45) is 0. The van der Waals surface area contributed by atoms with Gasteiger partial charge in [-0.2, -0.15) is 0 Å². The molecule has 0 atom stereocenters. The van der Waals surface area contributed by atoms with Crippen LogP contribution in [0.2, 0.25) is 0 Å². The molecule has 1 heterocycles. The highest BCUT2D eigenvalue weighted by molar-refractivity contribution is 7.93. The van der Waals surface area contributed by atoms with Gasteiger partial charge < -0.3 is 10.6 Å². The average Bonchev–Trinajstić information content (AvgIpc) is 2.95. The highest BCUT2D eigenvalue weighted by atomic mass is 32.2. The Hall–Kier alpha value is -2.65. The summed E-state index contributed by atoms with van der Waals surface area (Å²) in [7, 11) is -2.17. The molecule has 7 nitrogen and oxygen atoms in total. The molecule has 0 unspecified atom stereocenters. The van der Waals surface area contributed by atoms with Crippen molar-refractivity contribution in [2.45, 2.75) is 11.8 Å². The van der Waals surface area contributed by atoms with Gasteiger partial charge in [0.15, 0.2) is 5.13 Å². The molecule has 0 saturated carbocycles. The Balaban J connectivity index is 1.86. The smallest absolute Gasteiger partial charge is 0.318 e. The molecule has 3 N–H and O–H groups in total. The number of rotatable bonds is 4. The van der Waals surface area contributed by atoms with Crippen LogP contribution in [0.3, 0.4) is 0 Å². The van der Waals surface area contributed by atoms with Crippen molar-refractivity contribution in [3.8, 4) is 0 Å². The van der Waals surface area contributed by atoms with E-state index in [0.717, 1.165) is 10.3 Å². The third-order valence-electron chi connectivity index (χ3n) is 3.43. The minimum Gasteiger partial charge on any atom is -0.341 e. The topological polar surface area (TPSA) is 100 Å². The van der Waals surface area contributed by atoms with Gasteiger partial charge in [-0.15, -0.1) is 0 Å². The zero-order valence-electron chi connectivity index (χ0n) is 13.5. The van der Waals surface area contributed by atoms with Gasteiger partial charge in [0.25, 0.3) is 10.0 Å². The van der Waals surface area contributed by atoms with E-state index in [1.54, 1.807) is 42.5 Å². The lowest BCUT2D eigenvalue weighted by atomic mass is 10.2. The molecule has 0 aliphatic heterocycles. The van der Waals surface area contributed by atoms with Gasteiger partial charge >= 0.3 is 6.03 Å². The van der Waals surface area contributed by atoms with Crippen LogP contribution in [-0.2, 0) is 10.0 Å². The van der Waals surface area contributed by atoms with E-state index in [0.29, 0.717) is 11.2 Å². The molecule has 3 rings (SSSR count). The normalized spacial score (nSPS) is 11.3. The van der Waals surface area contributed by atoms with E-state index in [-0.39, 0.29) is 16.1 Å². The Kier molecular flexibility index (Phi) is 4.60. The van der Waals surface area contributed by atoms with Crippen LogP contribution in [0.25, 0.3) is 10.2 Å². The van der Waals surface area contributed by atoms with Crippen LogP contribution >= 0.6 is 11.3 Å². The van der Waals surface area contributed by atoms with E-state index in [2.05, 4.69) is 20.3 Å². The average molecular weight is 376 g/mol. The first-order chi connectivity index (χ1) is 11.9. The third kappa shape index (κ3) is 3.89. The number of urea groups is 1. The second-order valence-electron chi connectivity index (χ2n) is 5.32. The highest BCUT2D eigenvalue weighted by Gasteiger charge is 2.16. The maximum Gasteiger partial charge on any atom is 0.318 e. The van der Waals surface area contributed by atoms with Crippen molar-refractivity contribution < 1.29 is 13.2 Å². The number of aromatic nitrogens is 1. The van der Waals surface area contributed by atoms with Crippen molar-refractivity contribution >= 4 is 48.4 Å². The lowest BCUT2D eigenvalue weighted by Crippen LogP contribution is -2.24. The molecule has 130 valence electrons. The summed E-state index contributed by atoms with van der Waals surface area (Å²) in [6, 6.07) is 11.4. The molecule has 0 spiro atoms. The van der Waals surface area contributed by atoms with Crippen LogP contribution in [0.15, 0.2) is 47.4 Å². The van der Waals surface area contributed by atoms with Crippen LogP contribution in [-0.4, -0.2) is 26.5 Å². The van der Waals surface area contributed by atoms with Crippen molar-refractivity contribution in [1.29, 1.82) is 0 Å². The molecule has 2 amide bonds. The maximum absolute atomic E-state index is 12.4. The van der Waals surface area contributed by atoms with Gasteiger partial charge in [-0.05, 0) is 37.3 Å². The number of nitrogens with zero attached hydrogens (tertiary/aromatic N) is 1. The van der Waals surface area contributed by atoms with E-state index in [1.807, 2.05) is 6.92 Å². The van der Waals surface area contributed by atoms with E-state index in [4.69, 9.17) is 0 Å². The number of sulfonamides is 1. The minimum atomic E-state index is -3.69. The standard InChI is InChI=1S/C16H16N4O3S2/c1-10-3-6-12(7-4-10)25(22,23)20-16-19-13-8-5-11(9-14(13)24-16)18-15(21)17-2/h3-9H,1-2H3,(H,19,20)(H2,17,18,21). The molecular weight excluding hydrogens is 360 g/mol. The number of nitrogens with one attached hydrogen (secondary N) is 3. The van der Waals surface area contributed by atoms with Gasteiger partial charge in [0.1, 0.15) is 0 Å². The summed E-state index contributed by atoms with van der Waals surface area (Å²) in [6.45, 7) is 1.89. The second kappa shape index (κ2) is 6.69. The van der Waals surface area contributed by atoms with E-state index in [1.165, 1.54) is 18.4 Å². The molecule has 0 aliphatic carbocycles. The number of fused-ring (bicyclic) bond motifs is 1. The number of anilines is 2. The fourth-order valence-electron chi connectivity index (χ4n) is 2.13. The van der Waals surface area contributed by atoms with Crippen LogP contribution < -0.4 is 15.4 Å². The van der Waals surface area contributed by atoms with Gasteiger partial charge in [0.05, 0.1) is 15.1 Å². The lowest BCUT2D eigenvalue weighted by molar-refractivity contribution is 0.254. The zero-order valence-corrected chi connectivity index (χ0v) is 15.2. The molecule has 0 aliphatic rings. The van der Waals surface area contributed by atoms with E-state index >= 15 is 0 Å². The number of carbonyl (C=O) groups excluding carboxylic acids is 1. The second-order valence-corrected chi connectivity index (χ2v) is 8.04. The number of amides is 2. The molecule has 9 heteroatoms. The van der Waals surface area contributed by atoms with Gasteiger partial charge in [-0.25, -0.2) is 18.2 Å². The highest BCUT2D eigenvalue weighted by Crippen LogP contribution is 2.29. The molecule has 3 aromatic rings. The largest absolute Gasteiger partial charge is 0.341 e. The zero-order chi connectivity index (χ0) is 18.0. The number of benzene rings is 2. The quantitative estimate of drug-likeness (QED) is 0.651. The van der Waals surface area contributed by atoms with Crippen LogP contribution in [0.1, 0.15) is 5.56 Å². The van der Waals surface area contributed by atoms with Gasteiger partial charge in [0, 0.05) is 12.7 Å². The summed E-state index contributed by atoms with van der Waals surface area (Å²) >= 11 is 1.20. The Bertz CT molecular complexity index is 1030. The first-order valence-corrected chi connectivity index (χ1v) is 9.66. The Morgan fingerprint density at radius 1 is 1.12 bits per heavy atom. The Morgan fingerprint density at radius 3 is 2.52 bits per heavy atom. The summed E-state index contributed by atoms with van der Waals surface area (Å²) in [4.78, 5) is 15.8. The number of carbonyl (C=O) groups is 1. The molecule has 25 heavy (non-hydrogen) atoms. The Labute approximate surface area is 149 Å². The van der Waals surface area contributed by atoms with E-state index in [9.17, 15) is 13.2 Å². The molecule has 0 fully saturated rings. The molecule has 0 bridgehead atoms. The molecule has 0 saturated heterocycles. The third-order valence-corrected chi connectivity index (χ3v) is 5.84. The van der Waals surface area contributed by atoms with Crippen LogP contribution in [0.4, 0.5) is 15.6 Å². The lowest BCUT2D eigenvalue weighted by Gasteiger charge is -2.04. The van der Waals surface area contributed by atoms with E-state index < -0.39 is 10.0 Å². The number of thiazole rings is 1. The predicted molar refractivity (Wildman–Crippen MR) is 99.7 cm³/mol. The monoisotopic (exact) mass is 376 g/mol. The van der Waals surface area contributed by atoms with Crippen molar-refractivity contribution in [3.05, 3.63) is 48.0 Å². The predicted octanol–water partition coefficient (Wildman–Crippen LogP) is 3.16. The minimum absolute atomic E-state index is 0.180. The van der Waals surface area contributed by atoms with Crippen LogP contribution in [0.5, 0.6) is 0 Å². The van der Waals surface area contributed by atoms with Crippen LogP contribution in [0, 0.1) is 6.92 Å². The van der Waals surface area contributed by atoms with Crippen molar-refractivity contribution in [1.82, 2.24) is 10.3 Å². The number of hydrogen-bond donors (Lipinski definition) is 3. The molecular formula is C16H16N4O3S2. The summed E-state index contributed by atoms with van der Waals surface area (Å²) in [5.41, 5.74) is 2.23. The van der Waals surface area contributed by atoms with Crippen molar-refractivity contribution in [2.75, 3.05) is 17.1 Å². The first kappa shape index (κ1) is 17.2. The van der Waals surface area contributed by atoms with Gasteiger partial charge in [-0.1, -0.05) is 29.0 Å². The van der Waals surface area contributed by atoms with Crippen molar-refractivity contribution in [3.63, 3.8) is 0 Å². The number of aryl methyl sites for hydroxylation is 1. The van der Waals surface area contributed by atoms with Gasteiger partial charge in [0.2, 0.25) is 0 Å².